The molecule has 2 aromatic carbocycles. The Bertz CT molecular complexity index is 754. The maximum Gasteiger partial charge on any atom is 0.254 e. The van der Waals surface area contributed by atoms with Crippen LogP contribution in [0.25, 0.3) is 11.1 Å². The molecule has 0 radical (unpaired) electrons. The van der Waals surface area contributed by atoms with E-state index in [1.165, 1.54) is 16.1 Å². The lowest BCUT2D eigenvalue weighted by Crippen LogP contribution is -2.40. The SMILES string of the molecule is CC1Nc2ccc(-c3ccc(C(=O)N4CCOCC4)cc3)cc2S1. The van der Waals surface area contributed by atoms with Gasteiger partial charge in [-0.1, -0.05) is 30.0 Å². The largest absolute Gasteiger partial charge is 0.378 e. The highest BCUT2D eigenvalue weighted by molar-refractivity contribution is 8.00. The van der Waals surface area contributed by atoms with E-state index in [0.29, 0.717) is 31.7 Å². The van der Waals surface area contributed by atoms with E-state index in [1.54, 1.807) is 0 Å². The second-order valence-electron chi connectivity index (χ2n) is 6.10. The summed E-state index contributed by atoms with van der Waals surface area (Å²) in [6.07, 6.45) is 0. The first-order chi connectivity index (χ1) is 11.7. The maximum atomic E-state index is 12.5. The van der Waals surface area contributed by atoms with Crippen LogP contribution in [0.1, 0.15) is 17.3 Å². The molecule has 2 heterocycles. The summed E-state index contributed by atoms with van der Waals surface area (Å²) in [4.78, 5) is 15.6. The molecule has 124 valence electrons. The number of hydrogen-bond acceptors (Lipinski definition) is 4. The summed E-state index contributed by atoms with van der Waals surface area (Å²) in [7, 11) is 0. The summed E-state index contributed by atoms with van der Waals surface area (Å²) in [6.45, 7) is 4.77. The van der Waals surface area contributed by atoms with Crippen molar-refractivity contribution in [3.8, 4) is 11.1 Å². The first-order valence-corrected chi connectivity index (χ1v) is 9.13. The number of benzene rings is 2. The Morgan fingerprint density at radius 1 is 1.12 bits per heavy atom. The number of carbonyl (C=O) groups excluding carboxylic acids is 1. The van der Waals surface area contributed by atoms with Gasteiger partial charge in [0.15, 0.2) is 0 Å². The predicted octanol–water partition coefficient (Wildman–Crippen LogP) is 3.69. The Balaban J connectivity index is 1.54. The number of nitrogens with one attached hydrogen (secondary N) is 1. The van der Waals surface area contributed by atoms with Gasteiger partial charge in [0.05, 0.1) is 18.6 Å². The first kappa shape index (κ1) is 15.5. The number of amides is 1. The molecule has 1 saturated heterocycles. The Morgan fingerprint density at radius 2 is 1.83 bits per heavy atom. The molecule has 2 aliphatic heterocycles. The molecule has 1 amide bonds. The highest BCUT2D eigenvalue weighted by atomic mass is 32.2. The van der Waals surface area contributed by atoms with Gasteiger partial charge in [0.1, 0.15) is 0 Å². The minimum Gasteiger partial charge on any atom is -0.378 e. The molecule has 4 nitrogen and oxygen atoms in total. The smallest absolute Gasteiger partial charge is 0.254 e. The fourth-order valence-corrected chi connectivity index (χ4v) is 4.13. The van der Waals surface area contributed by atoms with E-state index in [0.717, 1.165) is 11.1 Å². The molecule has 2 aliphatic rings. The van der Waals surface area contributed by atoms with Gasteiger partial charge in [-0.2, -0.15) is 0 Å². The van der Waals surface area contributed by atoms with Crippen molar-refractivity contribution < 1.29 is 9.53 Å². The lowest BCUT2D eigenvalue weighted by molar-refractivity contribution is 0.0303. The van der Waals surface area contributed by atoms with Gasteiger partial charge in [0.2, 0.25) is 0 Å². The number of thioether (sulfide) groups is 1. The van der Waals surface area contributed by atoms with Gasteiger partial charge >= 0.3 is 0 Å². The summed E-state index contributed by atoms with van der Waals surface area (Å²) in [5.41, 5.74) is 4.26. The summed E-state index contributed by atoms with van der Waals surface area (Å²) in [5.74, 6) is 0.0902. The average Bonchev–Trinajstić information content (AvgIpc) is 3.01. The van der Waals surface area contributed by atoms with Crippen LogP contribution in [0, 0.1) is 0 Å². The van der Waals surface area contributed by atoms with E-state index in [9.17, 15) is 4.79 Å². The van der Waals surface area contributed by atoms with E-state index >= 15 is 0 Å². The topological polar surface area (TPSA) is 41.6 Å². The third kappa shape index (κ3) is 3.01. The fraction of sp³-hybridized carbons (Fsp3) is 0.316. The highest BCUT2D eigenvalue weighted by Crippen LogP contribution is 2.40. The number of morpholine rings is 1. The van der Waals surface area contributed by atoms with Gasteiger partial charge < -0.3 is 15.0 Å². The molecule has 0 spiro atoms. The molecular formula is C19H20N2O2S. The van der Waals surface area contributed by atoms with Crippen molar-refractivity contribution >= 4 is 23.4 Å². The van der Waals surface area contributed by atoms with Gasteiger partial charge in [-0.25, -0.2) is 0 Å². The molecule has 0 aromatic heterocycles. The van der Waals surface area contributed by atoms with Crippen LogP contribution in [-0.2, 0) is 4.74 Å². The molecule has 0 saturated carbocycles. The van der Waals surface area contributed by atoms with Crippen LogP contribution in [0.4, 0.5) is 5.69 Å². The van der Waals surface area contributed by atoms with Gasteiger partial charge in [-0.05, 0) is 42.3 Å². The Morgan fingerprint density at radius 3 is 2.58 bits per heavy atom. The summed E-state index contributed by atoms with van der Waals surface area (Å²) in [5, 5.41) is 3.86. The lowest BCUT2D eigenvalue weighted by atomic mass is 10.0. The number of anilines is 1. The van der Waals surface area contributed by atoms with Crippen molar-refractivity contribution in [1.82, 2.24) is 4.90 Å². The Labute approximate surface area is 146 Å². The van der Waals surface area contributed by atoms with Crippen LogP contribution in [0.3, 0.4) is 0 Å². The zero-order valence-electron chi connectivity index (χ0n) is 13.6. The van der Waals surface area contributed by atoms with Crippen molar-refractivity contribution in [1.29, 1.82) is 0 Å². The number of fused-ring (bicyclic) bond motifs is 1. The van der Waals surface area contributed by atoms with Crippen LogP contribution in [-0.4, -0.2) is 42.5 Å². The van der Waals surface area contributed by atoms with Crippen molar-refractivity contribution in [2.75, 3.05) is 31.6 Å². The second kappa shape index (κ2) is 6.49. The Hall–Kier alpha value is -1.98. The third-order valence-electron chi connectivity index (χ3n) is 4.41. The van der Waals surface area contributed by atoms with Crippen LogP contribution in [0.2, 0.25) is 0 Å². The van der Waals surface area contributed by atoms with E-state index in [-0.39, 0.29) is 5.91 Å². The highest BCUT2D eigenvalue weighted by Gasteiger charge is 2.19. The second-order valence-corrected chi connectivity index (χ2v) is 7.48. The standard InChI is InChI=1S/C19H20N2O2S/c1-13-20-17-7-6-16(12-18(17)24-13)14-2-4-15(5-3-14)19(22)21-8-10-23-11-9-21/h2-7,12-13,20H,8-11H2,1H3. The summed E-state index contributed by atoms with van der Waals surface area (Å²) < 4.78 is 5.31. The number of carbonyl (C=O) groups is 1. The zero-order valence-corrected chi connectivity index (χ0v) is 14.4. The third-order valence-corrected chi connectivity index (χ3v) is 5.47. The van der Waals surface area contributed by atoms with E-state index in [4.69, 9.17) is 4.74 Å². The van der Waals surface area contributed by atoms with Crippen molar-refractivity contribution in [2.45, 2.75) is 17.2 Å². The molecular weight excluding hydrogens is 320 g/mol. The lowest BCUT2D eigenvalue weighted by Gasteiger charge is -2.26. The first-order valence-electron chi connectivity index (χ1n) is 8.25. The minimum atomic E-state index is 0.0902. The Kier molecular flexibility index (Phi) is 4.21. The van der Waals surface area contributed by atoms with Gasteiger partial charge in [-0.15, -0.1) is 0 Å². The number of ether oxygens (including phenoxy) is 1. The molecule has 4 rings (SSSR count). The van der Waals surface area contributed by atoms with Gasteiger partial charge in [0, 0.05) is 29.2 Å². The molecule has 2 aromatic rings. The summed E-state index contributed by atoms with van der Waals surface area (Å²) >= 11 is 1.84. The summed E-state index contributed by atoms with van der Waals surface area (Å²) in [6, 6.07) is 14.4. The van der Waals surface area contributed by atoms with Crippen LogP contribution in [0.15, 0.2) is 47.4 Å². The van der Waals surface area contributed by atoms with E-state index in [2.05, 4.69) is 30.4 Å². The van der Waals surface area contributed by atoms with Crippen LogP contribution >= 0.6 is 11.8 Å². The number of hydrogen-bond donors (Lipinski definition) is 1. The maximum absolute atomic E-state index is 12.5. The zero-order chi connectivity index (χ0) is 16.5. The molecule has 24 heavy (non-hydrogen) atoms. The molecule has 1 unspecified atom stereocenters. The number of rotatable bonds is 2. The molecule has 0 bridgehead atoms. The molecule has 5 heteroatoms. The normalized spacial score (nSPS) is 19.7. The minimum absolute atomic E-state index is 0.0902. The van der Waals surface area contributed by atoms with Crippen molar-refractivity contribution in [3.05, 3.63) is 48.0 Å². The average molecular weight is 340 g/mol. The molecule has 1 fully saturated rings. The molecule has 1 N–H and O–H groups in total. The van der Waals surface area contributed by atoms with Crippen LogP contribution in [0.5, 0.6) is 0 Å². The van der Waals surface area contributed by atoms with Gasteiger partial charge in [0.25, 0.3) is 5.91 Å². The van der Waals surface area contributed by atoms with Crippen molar-refractivity contribution in [3.63, 3.8) is 0 Å². The monoisotopic (exact) mass is 340 g/mol. The molecule has 0 aliphatic carbocycles. The predicted molar refractivity (Wildman–Crippen MR) is 97.5 cm³/mol. The van der Waals surface area contributed by atoms with E-state index < -0.39 is 0 Å². The quantitative estimate of drug-likeness (QED) is 0.905. The number of nitrogens with zero attached hydrogens (tertiary/aromatic N) is 1. The van der Waals surface area contributed by atoms with Crippen molar-refractivity contribution in [2.24, 2.45) is 0 Å². The molecule has 1 atom stereocenters. The van der Waals surface area contributed by atoms with E-state index in [1.807, 2.05) is 40.9 Å². The van der Waals surface area contributed by atoms with Crippen LogP contribution < -0.4 is 5.32 Å². The fourth-order valence-electron chi connectivity index (χ4n) is 3.11. The van der Waals surface area contributed by atoms with Gasteiger partial charge in [-0.3, -0.25) is 4.79 Å².